The van der Waals surface area contributed by atoms with Gasteiger partial charge in [0.25, 0.3) is 11.8 Å². The number of carbonyl (C=O) groups excluding carboxylic acids is 1. The lowest BCUT2D eigenvalue weighted by Gasteiger charge is -2.45. The normalized spacial score (nSPS) is 20.9. The van der Waals surface area contributed by atoms with Crippen LogP contribution in [0.5, 0.6) is 5.88 Å². The molecule has 4 heterocycles. The van der Waals surface area contributed by atoms with Crippen LogP contribution in [0, 0.1) is 0 Å². The summed E-state index contributed by atoms with van der Waals surface area (Å²) >= 11 is 1.04. The highest BCUT2D eigenvalue weighted by Gasteiger charge is 2.41. The van der Waals surface area contributed by atoms with Crippen LogP contribution in [0.1, 0.15) is 54.9 Å². The number of carbonyl (C=O) groups is 1. The predicted octanol–water partition coefficient (Wildman–Crippen LogP) is 3.87. The zero-order valence-electron chi connectivity index (χ0n) is 26.0. The molecule has 0 saturated carbocycles. The molecule has 12 nitrogen and oxygen atoms in total. The van der Waals surface area contributed by atoms with Gasteiger partial charge in [-0.05, 0) is 43.3 Å². The number of fused-ring (bicyclic) bond motifs is 1. The van der Waals surface area contributed by atoms with E-state index in [4.69, 9.17) is 12.4 Å². The number of likely N-dealkylation sites (tertiary alicyclic amines) is 1. The molecule has 1 aliphatic heterocycles. The Morgan fingerprint density at radius 2 is 1.98 bits per heavy atom. The topological polar surface area (TPSA) is 151 Å². The Kier molecular flexibility index (Phi) is 9.87. The Balaban J connectivity index is 1.42. The van der Waals surface area contributed by atoms with E-state index in [1.54, 1.807) is 18.2 Å². The molecule has 1 aliphatic rings. The molecule has 252 valence electrons. The summed E-state index contributed by atoms with van der Waals surface area (Å²) in [6, 6.07) is 4.26. The van der Waals surface area contributed by atoms with Crippen LogP contribution in [-0.2, 0) is 20.0 Å². The number of thiophene rings is 1. The molecule has 2 radical (unpaired) electrons. The van der Waals surface area contributed by atoms with Crippen LogP contribution in [0.25, 0.3) is 20.8 Å². The maximum atomic E-state index is 15.7. The van der Waals surface area contributed by atoms with Gasteiger partial charge >= 0.3 is 6.18 Å². The van der Waals surface area contributed by atoms with Crippen molar-refractivity contribution in [3.63, 3.8) is 0 Å². The van der Waals surface area contributed by atoms with Crippen LogP contribution in [0.3, 0.4) is 0 Å². The van der Waals surface area contributed by atoms with Gasteiger partial charge < -0.3 is 30.1 Å². The molecule has 4 unspecified atom stereocenters. The largest absolute Gasteiger partial charge is 0.429 e. The minimum absolute atomic E-state index is 0.0500. The van der Waals surface area contributed by atoms with Gasteiger partial charge in [-0.15, -0.1) is 16.4 Å². The number of halogens is 4. The van der Waals surface area contributed by atoms with Gasteiger partial charge in [0.05, 0.1) is 34.3 Å². The Hall–Kier alpha value is -3.74. The number of aryl methyl sites for hydroxylation is 1. The monoisotopic (exact) mass is 679 g/mol. The molecule has 4 atom stereocenters. The summed E-state index contributed by atoms with van der Waals surface area (Å²) in [6.45, 7) is 3.65. The molecule has 1 saturated heterocycles. The van der Waals surface area contributed by atoms with E-state index in [2.05, 4.69) is 35.5 Å². The van der Waals surface area contributed by atoms with Crippen molar-refractivity contribution in [2.75, 3.05) is 12.4 Å². The van der Waals surface area contributed by atoms with E-state index in [0.717, 1.165) is 17.8 Å². The van der Waals surface area contributed by atoms with E-state index in [1.807, 2.05) is 20.9 Å². The number of rotatable bonds is 11. The zero-order chi connectivity index (χ0) is 34.3. The van der Waals surface area contributed by atoms with E-state index in [-0.39, 0.29) is 46.3 Å². The van der Waals surface area contributed by atoms with Crippen LogP contribution in [0.2, 0.25) is 0 Å². The van der Waals surface area contributed by atoms with Crippen LogP contribution >= 0.6 is 11.3 Å². The van der Waals surface area contributed by atoms with Crippen molar-refractivity contribution in [3.05, 3.63) is 41.4 Å². The molecule has 0 spiro atoms. The number of piperidine rings is 1. The number of anilines is 1. The summed E-state index contributed by atoms with van der Waals surface area (Å²) in [6.07, 6.45) is -3.78. The van der Waals surface area contributed by atoms with Crippen molar-refractivity contribution in [1.82, 2.24) is 30.1 Å². The first-order valence-electron chi connectivity index (χ1n) is 14.9. The highest BCUT2D eigenvalue weighted by atomic mass is 32.1. The Morgan fingerprint density at radius 3 is 2.64 bits per heavy atom. The van der Waals surface area contributed by atoms with Gasteiger partial charge in [-0.2, -0.15) is 18.2 Å². The second kappa shape index (κ2) is 13.4. The molecule has 1 fully saturated rings. The number of hydrogen-bond acceptors (Lipinski definition) is 11. The van der Waals surface area contributed by atoms with Gasteiger partial charge in [0.1, 0.15) is 11.7 Å². The lowest BCUT2D eigenvalue weighted by molar-refractivity contribution is -0.225. The lowest BCUT2D eigenvalue weighted by Crippen LogP contribution is -2.57. The Labute approximate surface area is 272 Å². The average molecular weight is 680 g/mol. The van der Waals surface area contributed by atoms with Gasteiger partial charge in [-0.3, -0.25) is 14.4 Å². The number of benzene rings is 1. The third-order valence-corrected chi connectivity index (χ3v) is 9.44. The maximum absolute atomic E-state index is 15.7. The van der Waals surface area contributed by atoms with Crippen molar-refractivity contribution >= 4 is 40.9 Å². The summed E-state index contributed by atoms with van der Waals surface area (Å²) in [5.41, 5.74) is 0.269. The molecule has 47 heavy (non-hydrogen) atoms. The average Bonchev–Trinajstić information content (AvgIpc) is 3.69. The number of alkyl halides is 4. The number of nitrogens with zero attached hydrogens (tertiary/aromatic N) is 5. The van der Waals surface area contributed by atoms with Gasteiger partial charge in [-0.1, -0.05) is 31.1 Å². The number of nitrogens with one attached hydrogen (secondary N) is 2. The summed E-state index contributed by atoms with van der Waals surface area (Å²) in [4.78, 5) is 19.2. The summed E-state index contributed by atoms with van der Waals surface area (Å²) in [5.74, 6) is -4.56. The molecule has 5 rings (SSSR count). The lowest BCUT2D eigenvalue weighted by atomic mass is 9.87. The molecule has 1 aromatic carbocycles. The fraction of sp³-hybridized carbons (Fsp3) is 0.517. The molecule has 0 aliphatic carbocycles. The molecule has 4 N–H and O–H groups in total. The predicted molar refractivity (Wildman–Crippen MR) is 166 cm³/mol. The van der Waals surface area contributed by atoms with Gasteiger partial charge in [0, 0.05) is 25.3 Å². The van der Waals surface area contributed by atoms with Gasteiger partial charge in [-0.25, -0.2) is 4.39 Å². The second-order valence-corrected chi connectivity index (χ2v) is 12.5. The minimum atomic E-state index is -4.55. The molecular formula is C29H34BF4N7O5S. The quantitative estimate of drug-likeness (QED) is 0.105. The fourth-order valence-corrected chi connectivity index (χ4v) is 7.23. The standard InChI is InChI=1S/C29H34BF4N7O5S/c1-5-14-10-19(22(31)20(6-2)41(14)4)36-18-9-7-8-15-16(11-28(32,33)34)24(47-23(15)18)25-37-21(46-39-25)12-35-26(42)17-13-40(3)38-27(17)45-29(30,43)44/h7-9,13-14,19-20,22,36,43-44H,5-6,10-12H2,1-4H3,(H,35,42). The van der Waals surface area contributed by atoms with Crippen molar-refractivity contribution in [2.45, 2.75) is 82.4 Å². The molecule has 3 aromatic heterocycles. The molecule has 4 aromatic rings. The first kappa shape index (κ1) is 34.6. The van der Waals surface area contributed by atoms with Gasteiger partial charge in [0.15, 0.2) is 0 Å². The van der Waals surface area contributed by atoms with Crippen LogP contribution < -0.4 is 15.4 Å². The van der Waals surface area contributed by atoms with E-state index in [9.17, 15) is 28.2 Å². The molecule has 1 amide bonds. The highest BCUT2D eigenvalue weighted by molar-refractivity contribution is 7.23. The summed E-state index contributed by atoms with van der Waals surface area (Å²) in [5, 5.41) is 32.5. The maximum Gasteiger partial charge on any atom is 0.393 e. The SMILES string of the molecule is [B]C(O)(O)Oc1nn(C)cc1C(=O)NCc1nc(-c2sc3c(NC4CC(CC)N(C)C(CC)C4F)cccc3c2CC(F)(F)F)no1. The molecule has 0 bridgehead atoms. The third-order valence-electron chi connectivity index (χ3n) is 8.16. The smallest absolute Gasteiger partial charge is 0.393 e. The number of hydrogen-bond donors (Lipinski definition) is 4. The Bertz CT molecular complexity index is 1720. The van der Waals surface area contributed by atoms with Crippen LogP contribution in [-0.4, -0.2) is 92.2 Å². The van der Waals surface area contributed by atoms with E-state index in [1.165, 1.54) is 17.9 Å². The second-order valence-electron chi connectivity index (χ2n) is 11.5. The van der Waals surface area contributed by atoms with Crippen molar-refractivity contribution in [3.8, 4) is 16.6 Å². The summed E-state index contributed by atoms with van der Waals surface area (Å²) < 4.78 is 68.9. The van der Waals surface area contributed by atoms with E-state index < -0.39 is 42.5 Å². The van der Waals surface area contributed by atoms with Crippen molar-refractivity contribution < 1.29 is 41.8 Å². The minimum Gasteiger partial charge on any atom is -0.429 e. The third kappa shape index (κ3) is 7.71. The fourth-order valence-electron chi connectivity index (χ4n) is 6.01. The number of aliphatic hydroxyl groups is 2. The Morgan fingerprint density at radius 1 is 1.23 bits per heavy atom. The number of amides is 1. The van der Waals surface area contributed by atoms with E-state index in [0.29, 0.717) is 28.6 Å². The number of ether oxygens (including phenoxy) is 1. The summed E-state index contributed by atoms with van der Waals surface area (Å²) in [7, 11) is 8.40. The van der Waals surface area contributed by atoms with Gasteiger partial charge in [0.2, 0.25) is 25.4 Å². The van der Waals surface area contributed by atoms with Crippen molar-refractivity contribution in [2.24, 2.45) is 7.05 Å². The first-order chi connectivity index (χ1) is 22.1. The highest BCUT2D eigenvalue weighted by Crippen LogP contribution is 2.44. The van der Waals surface area contributed by atoms with E-state index >= 15 is 4.39 Å². The first-order valence-corrected chi connectivity index (χ1v) is 15.7. The van der Waals surface area contributed by atoms with Crippen molar-refractivity contribution in [1.29, 1.82) is 0 Å². The zero-order valence-corrected chi connectivity index (χ0v) is 26.8. The van der Waals surface area contributed by atoms with Crippen LogP contribution in [0.15, 0.2) is 28.9 Å². The molecular weight excluding hydrogens is 645 g/mol. The number of aromatic nitrogens is 4. The van der Waals surface area contributed by atoms with Crippen LogP contribution in [0.4, 0.5) is 23.2 Å². The molecule has 18 heteroatoms.